The van der Waals surface area contributed by atoms with Gasteiger partial charge in [-0.25, -0.2) is 4.79 Å². The number of Topliss-reactive ketones (excluding diaryl/α,β-unsaturated/α-hetero) is 2. The van der Waals surface area contributed by atoms with E-state index in [2.05, 4.69) is 13.0 Å². The Bertz CT molecular complexity index is 1400. The average Bonchev–Trinajstić information content (AvgIpc) is 3.37. The number of nitrogens with zero attached hydrogens (tertiary/aromatic N) is 1. The van der Waals surface area contributed by atoms with Gasteiger partial charge in [-0.15, -0.1) is 0 Å². The molecule has 13 atom stereocenters. The molecule has 0 spiro atoms. The highest BCUT2D eigenvalue weighted by atomic mass is 16.7. The Labute approximate surface area is 328 Å². The highest BCUT2D eigenvalue weighted by Crippen LogP contribution is 2.39. The maximum Gasteiger partial charge on any atom is 0.329 e. The third kappa shape index (κ3) is 11.1. The summed E-state index contributed by atoms with van der Waals surface area (Å²) in [7, 11) is 3.07. The van der Waals surface area contributed by atoms with E-state index in [-0.39, 0.29) is 49.5 Å². The maximum atomic E-state index is 14.3. The quantitative estimate of drug-likeness (QED) is 0.145. The number of amides is 1. The van der Waals surface area contributed by atoms with Gasteiger partial charge in [-0.05, 0) is 102 Å². The first kappa shape index (κ1) is 45.2. The minimum absolute atomic E-state index is 0.0453. The van der Waals surface area contributed by atoms with Crippen LogP contribution >= 0.6 is 0 Å². The topological polar surface area (TPSA) is 169 Å². The van der Waals surface area contributed by atoms with Crippen LogP contribution in [0.15, 0.2) is 23.3 Å². The zero-order valence-electron chi connectivity index (χ0n) is 34.5. The Balaban J connectivity index is 1.76. The zero-order chi connectivity index (χ0) is 40.6. The highest BCUT2D eigenvalue weighted by molar-refractivity contribution is 6.39. The summed E-state index contributed by atoms with van der Waals surface area (Å²) in [6.07, 6.45) is 6.70. The van der Waals surface area contributed by atoms with E-state index in [1.54, 1.807) is 13.8 Å². The van der Waals surface area contributed by atoms with E-state index in [9.17, 15) is 34.5 Å². The van der Waals surface area contributed by atoms with Gasteiger partial charge in [0.2, 0.25) is 5.79 Å². The summed E-state index contributed by atoms with van der Waals surface area (Å²) in [6.45, 7) is 11.4. The Morgan fingerprint density at radius 1 is 0.945 bits per heavy atom. The molecule has 4 rings (SSSR count). The van der Waals surface area contributed by atoms with E-state index in [0.717, 1.165) is 36.8 Å². The molecule has 3 N–H and O–H groups in total. The molecule has 0 aromatic heterocycles. The van der Waals surface area contributed by atoms with Gasteiger partial charge in [-0.3, -0.25) is 14.4 Å². The second-order valence-corrected chi connectivity index (χ2v) is 17.2. The molecule has 3 aliphatic heterocycles. The molecule has 12 heteroatoms. The molecule has 312 valence electrons. The first-order valence-corrected chi connectivity index (χ1v) is 20.8. The summed E-state index contributed by atoms with van der Waals surface area (Å²) in [5, 5.41) is 33.9. The van der Waals surface area contributed by atoms with Crippen LogP contribution in [0.1, 0.15) is 125 Å². The number of hydrogen-bond acceptors (Lipinski definition) is 11. The number of cyclic esters (lactones) is 1. The lowest BCUT2D eigenvalue weighted by Crippen LogP contribution is -2.64. The van der Waals surface area contributed by atoms with Crippen LogP contribution in [0.2, 0.25) is 0 Å². The van der Waals surface area contributed by atoms with Crippen LogP contribution < -0.4 is 0 Å². The normalized spacial score (nSPS) is 41.0. The van der Waals surface area contributed by atoms with Crippen molar-refractivity contribution in [1.82, 2.24) is 4.90 Å². The fraction of sp³-hybridized carbons (Fsp3) is 0.814. The fourth-order valence-corrected chi connectivity index (χ4v) is 9.32. The van der Waals surface area contributed by atoms with Crippen LogP contribution in [0.4, 0.5) is 0 Å². The van der Waals surface area contributed by atoms with Crippen molar-refractivity contribution in [3.8, 4) is 0 Å². The number of allylic oxidation sites excluding steroid dienone is 3. The number of ether oxygens (including phenoxy) is 4. The second kappa shape index (κ2) is 20.3. The highest BCUT2D eigenvalue weighted by Gasteiger charge is 2.56. The molecule has 3 heterocycles. The summed E-state index contributed by atoms with van der Waals surface area (Å²) in [5.74, 6) is -7.21. The van der Waals surface area contributed by atoms with E-state index in [4.69, 9.17) is 18.9 Å². The van der Waals surface area contributed by atoms with Crippen molar-refractivity contribution in [2.75, 3.05) is 20.8 Å². The van der Waals surface area contributed by atoms with Gasteiger partial charge in [0.05, 0.1) is 24.4 Å². The number of hydrogen-bond donors (Lipinski definition) is 3. The predicted octanol–water partition coefficient (Wildman–Crippen LogP) is 5.24. The Morgan fingerprint density at radius 2 is 1.64 bits per heavy atom. The van der Waals surface area contributed by atoms with Gasteiger partial charge in [-0.1, -0.05) is 51.8 Å². The number of piperidine rings is 1. The van der Waals surface area contributed by atoms with Crippen molar-refractivity contribution < 1.29 is 53.4 Å². The molecule has 4 aliphatic rings. The Hall–Kier alpha value is -2.48. The molecule has 2 bridgehead atoms. The first-order valence-electron chi connectivity index (χ1n) is 20.8. The number of rotatable bonds is 5. The fourth-order valence-electron chi connectivity index (χ4n) is 9.32. The minimum Gasteiger partial charge on any atom is -0.456 e. The number of carbonyl (C=O) groups is 4. The largest absolute Gasteiger partial charge is 0.456 e. The first-order chi connectivity index (χ1) is 26.0. The number of ketones is 2. The standard InChI is InChI=1S/C43H69NO11/c1-9-31-20-25(2)19-26(3)21-36(52-7)39-37(53-8)23-28(5)43(51,55-39)40(48)41(49)44-18-11-10-15-33(44)42(50)54-38(29(6)34(46)24-35(31)47)27(4)22-30-13-12-14-32(45)17-16-30/h20,22,26,28-34,36-39,45-46,51H,9-19,21,23-24H2,1-8H3/b25-20+,27-22+/t26-,28+,29+,30+,31+,32?,33-,34-,36-,37-,38+,39+,43+/m0/s1. The SMILES string of the molecule is CC[C@@H]1/C=C(\C)C[C@H](C)C[C@H](OC)[C@H]2O[C@@](O)(C(=O)C(=O)N3CCCC[C@H]3C(=O)O[C@H](/C(C)=C/[C@@H]3CCCC(O)CC3)[C@H](C)[C@@H](O)CC1=O)[C@H](C)C[C@@H]2OC. The van der Waals surface area contributed by atoms with Gasteiger partial charge < -0.3 is 39.2 Å². The third-order valence-electron chi connectivity index (χ3n) is 12.8. The maximum absolute atomic E-state index is 14.3. The molecule has 1 aliphatic carbocycles. The van der Waals surface area contributed by atoms with Crippen molar-refractivity contribution in [3.05, 3.63) is 23.3 Å². The summed E-state index contributed by atoms with van der Waals surface area (Å²) in [5.41, 5.74) is 1.73. The van der Waals surface area contributed by atoms with Crippen molar-refractivity contribution >= 4 is 23.4 Å². The predicted molar refractivity (Wildman–Crippen MR) is 207 cm³/mol. The van der Waals surface area contributed by atoms with E-state index in [1.165, 1.54) is 19.1 Å². The van der Waals surface area contributed by atoms with Crippen LogP contribution in [0.5, 0.6) is 0 Å². The van der Waals surface area contributed by atoms with Gasteiger partial charge >= 0.3 is 5.97 Å². The molecule has 12 nitrogen and oxygen atoms in total. The molecule has 0 aromatic rings. The van der Waals surface area contributed by atoms with E-state index in [1.807, 2.05) is 26.8 Å². The van der Waals surface area contributed by atoms with Crippen molar-refractivity contribution in [2.24, 2.45) is 29.6 Å². The molecule has 0 aromatic carbocycles. The van der Waals surface area contributed by atoms with Crippen LogP contribution in [0.3, 0.4) is 0 Å². The summed E-state index contributed by atoms with van der Waals surface area (Å²) >= 11 is 0. The van der Waals surface area contributed by atoms with Gasteiger partial charge in [-0.2, -0.15) is 0 Å². The number of carbonyl (C=O) groups excluding carboxylic acids is 4. The lowest BCUT2D eigenvalue weighted by Gasteiger charge is -2.47. The van der Waals surface area contributed by atoms with E-state index >= 15 is 0 Å². The van der Waals surface area contributed by atoms with E-state index < -0.39 is 77.8 Å². The molecule has 1 unspecified atom stereocenters. The molecular formula is C43H69NO11. The number of methoxy groups -OCH3 is 2. The lowest BCUT2D eigenvalue weighted by atomic mass is 9.82. The van der Waals surface area contributed by atoms with Gasteiger partial charge in [0, 0.05) is 44.9 Å². The lowest BCUT2D eigenvalue weighted by molar-refractivity contribution is -0.302. The monoisotopic (exact) mass is 775 g/mol. The van der Waals surface area contributed by atoms with Gasteiger partial charge in [0.25, 0.3) is 11.7 Å². The molecule has 55 heavy (non-hydrogen) atoms. The van der Waals surface area contributed by atoms with Crippen molar-refractivity contribution in [2.45, 2.75) is 173 Å². The molecule has 2 saturated heterocycles. The van der Waals surface area contributed by atoms with Crippen LogP contribution in [-0.4, -0.2) is 113 Å². The minimum atomic E-state index is -2.49. The van der Waals surface area contributed by atoms with Gasteiger partial charge in [0.15, 0.2) is 0 Å². The third-order valence-corrected chi connectivity index (χ3v) is 12.8. The average molecular weight is 776 g/mol. The van der Waals surface area contributed by atoms with Crippen LogP contribution in [-0.2, 0) is 38.1 Å². The van der Waals surface area contributed by atoms with Crippen molar-refractivity contribution in [1.29, 1.82) is 0 Å². The Kier molecular flexibility index (Phi) is 16.7. The second-order valence-electron chi connectivity index (χ2n) is 17.2. The Morgan fingerprint density at radius 3 is 2.31 bits per heavy atom. The number of esters is 1. The van der Waals surface area contributed by atoms with Crippen molar-refractivity contribution in [3.63, 3.8) is 0 Å². The van der Waals surface area contributed by atoms with Crippen LogP contribution in [0.25, 0.3) is 0 Å². The summed E-state index contributed by atoms with van der Waals surface area (Å²) in [4.78, 5) is 57.6. The van der Waals surface area contributed by atoms with E-state index in [0.29, 0.717) is 38.5 Å². The number of fused-ring (bicyclic) bond motifs is 3. The molecule has 1 amide bonds. The summed E-state index contributed by atoms with van der Waals surface area (Å²) < 4.78 is 24.2. The molecule has 1 saturated carbocycles. The number of aliphatic hydroxyl groups excluding tert-OH is 2. The zero-order valence-corrected chi connectivity index (χ0v) is 34.5. The number of aliphatic hydroxyl groups is 3. The molecular weight excluding hydrogens is 706 g/mol. The van der Waals surface area contributed by atoms with Crippen LogP contribution in [0, 0.1) is 29.6 Å². The molecule has 0 radical (unpaired) electrons. The van der Waals surface area contributed by atoms with Gasteiger partial charge in [0.1, 0.15) is 24.0 Å². The summed E-state index contributed by atoms with van der Waals surface area (Å²) in [6, 6.07) is -1.11. The smallest absolute Gasteiger partial charge is 0.329 e. The molecule has 3 fully saturated rings.